The van der Waals surface area contributed by atoms with Gasteiger partial charge in [-0.3, -0.25) is 10.1 Å². The zero-order valence-electron chi connectivity index (χ0n) is 6.75. The Hall–Kier alpha value is -1.10. The smallest absolute Gasteiger partial charge is 0.324 e. The second-order valence-electron chi connectivity index (χ2n) is 2.71. The summed E-state index contributed by atoms with van der Waals surface area (Å²) in [5, 5.41) is 10.7. The Morgan fingerprint density at radius 2 is 2.17 bits per heavy atom. The highest BCUT2D eigenvalue weighted by atomic mass is 16.3. The third-order valence-corrected chi connectivity index (χ3v) is 1.70. The average molecular weight is 172 g/mol. The lowest BCUT2D eigenvalue weighted by Gasteiger charge is -2.11. The van der Waals surface area contributed by atoms with Gasteiger partial charge in [-0.25, -0.2) is 4.79 Å². The number of imide groups is 1. The molecule has 0 radical (unpaired) electrons. The second-order valence-corrected chi connectivity index (χ2v) is 2.71. The average Bonchev–Trinajstić information content (AvgIpc) is 2.31. The van der Waals surface area contributed by atoms with E-state index in [2.05, 4.69) is 5.32 Å². The first-order valence-electron chi connectivity index (χ1n) is 3.93. The summed E-state index contributed by atoms with van der Waals surface area (Å²) in [4.78, 5) is 23.0. The van der Waals surface area contributed by atoms with Crippen molar-refractivity contribution in [2.75, 3.05) is 19.7 Å². The number of urea groups is 1. The first-order valence-corrected chi connectivity index (χ1v) is 3.93. The number of amides is 3. The minimum atomic E-state index is -0.321. The Balaban J connectivity index is 2.24. The van der Waals surface area contributed by atoms with E-state index in [-0.39, 0.29) is 25.1 Å². The first kappa shape index (κ1) is 8.99. The van der Waals surface area contributed by atoms with Crippen LogP contribution in [0.4, 0.5) is 4.79 Å². The van der Waals surface area contributed by atoms with Crippen molar-refractivity contribution >= 4 is 11.9 Å². The van der Waals surface area contributed by atoms with Gasteiger partial charge in [0.15, 0.2) is 0 Å². The van der Waals surface area contributed by atoms with Crippen LogP contribution >= 0.6 is 0 Å². The Bertz CT molecular complexity index is 193. The maximum atomic E-state index is 10.9. The number of unbranched alkanes of at least 4 members (excludes halogenated alkanes) is 1. The summed E-state index contributed by atoms with van der Waals surface area (Å²) in [5.74, 6) is -0.246. The van der Waals surface area contributed by atoms with Gasteiger partial charge in [-0.05, 0) is 12.8 Å². The molecule has 0 atom stereocenters. The second kappa shape index (κ2) is 4.06. The standard InChI is InChI=1S/C7H12N2O3/c10-4-2-1-3-9-5-6(11)8-7(9)12/h10H,1-5H2,(H,8,11,12). The summed E-state index contributed by atoms with van der Waals surface area (Å²) < 4.78 is 0. The number of nitrogens with one attached hydrogen (secondary N) is 1. The van der Waals surface area contributed by atoms with Crippen molar-refractivity contribution in [1.82, 2.24) is 10.2 Å². The van der Waals surface area contributed by atoms with E-state index >= 15 is 0 Å². The number of aliphatic hydroxyl groups excluding tert-OH is 1. The molecular formula is C7H12N2O3. The lowest BCUT2D eigenvalue weighted by atomic mass is 10.3. The van der Waals surface area contributed by atoms with Crippen LogP contribution < -0.4 is 5.32 Å². The van der Waals surface area contributed by atoms with Gasteiger partial charge in [0.2, 0.25) is 5.91 Å². The van der Waals surface area contributed by atoms with Gasteiger partial charge in [0.1, 0.15) is 6.54 Å². The molecule has 1 rings (SSSR count). The van der Waals surface area contributed by atoms with E-state index in [9.17, 15) is 9.59 Å². The number of aliphatic hydroxyl groups is 1. The normalized spacial score (nSPS) is 16.9. The molecule has 1 aliphatic rings. The van der Waals surface area contributed by atoms with Crippen LogP contribution in [0, 0.1) is 0 Å². The fourth-order valence-corrected chi connectivity index (χ4v) is 1.08. The highest BCUT2D eigenvalue weighted by Gasteiger charge is 2.25. The molecule has 1 heterocycles. The van der Waals surface area contributed by atoms with Gasteiger partial charge in [0.05, 0.1) is 0 Å². The quantitative estimate of drug-likeness (QED) is 0.435. The summed E-state index contributed by atoms with van der Waals surface area (Å²) >= 11 is 0. The Morgan fingerprint density at radius 3 is 2.67 bits per heavy atom. The Morgan fingerprint density at radius 1 is 1.42 bits per heavy atom. The minimum absolute atomic E-state index is 0.128. The van der Waals surface area contributed by atoms with Crippen molar-refractivity contribution in [1.29, 1.82) is 0 Å². The summed E-state index contributed by atoms with van der Waals surface area (Å²) in [7, 11) is 0. The van der Waals surface area contributed by atoms with Crippen LogP contribution in [-0.2, 0) is 4.79 Å². The van der Waals surface area contributed by atoms with Crippen LogP contribution in [0.3, 0.4) is 0 Å². The molecule has 68 valence electrons. The first-order chi connectivity index (χ1) is 5.74. The van der Waals surface area contributed by atoms with E-state index in [0.29, 0.717) is 13.0 Å². The van der Waals surface area contributed by atoms with Gasteiger partial charge in [-0.2, -0.15) is 0 Å². The largest absolute Gasteiger partial charge is 0.396 e. The van der Waals surface area contributed by atoms with Crippen molar-refractivity contribution < 1.29 is 14.7 Å². The fourth-order valence-electron chi connectivity index (χ4n) is 1.08. The molecule has 12 heavy (non-hydrogen) atoms. The van der Waals surface area contributed by atoms with Crippen LogP contribution in [0.5, 0.6) is 0 Å². The van der Waals surface area contributed by atoms with E-state index in [1.807, 2.05) is 0 Å². The van der Waals surface area contributed by atoms with Crippen LogP contribution in [0.2, 0.25) is 0 Å². The number of hydrogen-bond donors (Lipinski definition) is 2. The fraction of sp³-hybridized carbons (Fsp3) is 0.714. The van der Waals surface area contributed by atoms with Crippen LogP contribution in [0.1, 0.15) is 12.8 Å². The molecular weight excluding hydrogens is 160 g/mol. The highest BCUT2D eigenvalue weighted by Crippen LogP contribution is 2.00. The van der Waals surface area contributed by atoms with Crippen molar-refractivity contribution in [3.63, 3.8) is 0 Å². The van der Waals surface area contributed by atoms with Gasteiger partial charge >= 0.3 is 6.03 Å². The molecule has 2 N–H and O–H groups in total. The van der Waals surface area contributed by atoms with Gasteiger partial charge in [0, 0.05) is 13.2 Å². The Labute approximate surface area is 70.4 Å². The number of hydrogen-bond acceptors (Lipinski definition) is 3. The van der Waals surface area contributed by atoms with Crippen molar-refractivity contribution in [2.45, 2.75) is 12.8 Å². The van der Waals surface area contributed by atoms with Crippen molar-refractivity contribution in [3.8, 4) is 0 Å². The zero-order valence-corrected chi connectivity index (χ0v) is 6.75. The summed E-state index contributed by atoms with van der Waals surface area (Å²) in [5.41, 5.74) is 0. The third-order valence-electron chi connectivity index (χ3n) is 1.70. The molecule has 1 fully saturated rings. The molecule has 5 heteroatoms. The number of nitrogens with zero attached hydrogens (tertiary/aromatic N) is 1. The monoisotopic (exact) mass is 172 g/mol. The maximum Gasteiger partial charge on any atom is 0.324 e. The molecule has 0 aromatic carbocycles. The van der Waals surface area contributed by atoms with E-state index in [4.69, 9.17) is 5.11 Å². The van der Waals surface area contributed by atoms with E-state index in [1.54, 1.807) is 0 Å². The molecule has 0 aliphatic carbocycles. The van der Waals surface area contributed by atoms with E-state index in [1.165, 1.54) is 4.90 Å². The lowest BCUT2D eigenvalue weighted by Crippen LogP contribution is -2.29. The third kappa shape index (κ3) is 2.20. The Kier molecular flexibility index (Phi) is 3.04. The molecule has 0 bridgehead atoms. The van der Waals surface area contributed by atoms with Crippen LogP contribution in [0.25, 0.3) is 0 Å². The van der Waals surface area contributed by atoms with Crippen molar-refractivity contribution in [2.24, 2.45) is 0 Å². The molecule has 0 aromatic heterocycles. The van der Waals surface area contributed by atoms with Crippen molar-refractivity contribution in [3.05, 3.63) is 0 Å². The predicted octanol–water partition coefficient (Wildman–Crippen LogP) is -0.689. The molecule has 3 amide bonds. The van der Waals surface area contributed by atoms with Crippen LogP contribution in [-0.4, -0.2) is 41.6 Å². The summed E-state index contributed by atoms with van der Waals surface area (Å²) in [6, 6.07) is -0.321. The molecule has 1 aliphatic heterocycles. The van der Waals surface area contributed by atoms with E-state index < -0.39 is 0 Å². The summed E-state index contributed by atoms with van der Waals surface area (Å²) in [6.45, 7) is 0.825. The topological polar surface area (TPSA) is 69.6 Å². The predicted molar refractivity (Wildman–Crippen MR) is 41.4 cm³/mol. The molecule has 0 aromatic rings. The number of rotatable bonds is 4. The minimum Gasteiger partial charge on any atom is -0.396 e. The SMILES string of the molecule is O=C1CN(CCCCO)C(=O)N1. The van der Waals surface area contributed by atoms with Gasteiger partial charge < -0.3 is 10.0 Å². The molecule has 0 saturated carbocycles. The van der Waals surface area contributed by atoms with Gasteiger partial charge in [-0.15, -0.1) is 0 Å². The zero-order chi connectivity index (χ0) is 8.97. The number of carbonyl (C=O) groups excluding carboxylic acids is 2. The maximum absolute atomic E-state index is 10.9. The van der Waals surface area contributed by atoms with Gasteiger partial charge in [-0.1, -0.05) is 0 Å². The highest BCUT2D eigenvalue weighted by molar-refractivity contribution is 6.01. The summed E-state index contributed by atoms with van der Waals surface area (Å²) in [6.07, 6.45) is 1.40. The number of carbonyl (C=O) groups is 2. The molecule has 0 unspecified atom stereocenters. The van der Waals surface area contributed by atoms with Gasteiger partial charge in [0.25, 0.3) is 0 Å². The molecule has 1 saturated heterocycles. The molecule has 0 spiro atoms. The molecule has 5 nitrogen and oxygen atoms in total. The van der Waals surface area contributed by atoms with Crippen LogP contribution in [0.15, 0.2) is 0 Å². The lowest BCUT2D eigenvalue weighted by molar-refractivity contribution is -0.118. The van der Waals surface area contributed by atoms with E-state index in [0.717, 1.165) is 6.42 Å².